The second-order valence-electron chi connectivity index (χ2n) is 34.6. The second-order valence-corrected chi connectivity index (χ2v) is 36.0. The number of fused-ring (bicyclic) bond motifs is 4. The SMILES string of the molecule is CC(=O)N[C@@H](CS)C(=O)N[C@@H](C)C(=O)N[C@@H](CC(=O)O)C(=O)N[C@@H](Cc1c[nH]c2ccccc12)C(=O)N[C@H](C(=O)N[C@@H](CS)C(=O)N[C@@H](Cc1ccc(O)cc1)C(=O)N[C@@H](Cc1c[nH]c2ccccc12)C(=O)N[C@@H](Cc1cnc[nH]1)C(=O)N[C@@H](CCCNC(=N)N)C(=O)N[C@@H](CS)C(=O)NCC(=O)N[C@@H](Cc1c[nH]c2ccccc12)C(=O)N[C@@H](Cc1c[nH]c2ccccc12)C(=O)NCC(=O)N[C@@H](CS)C(N)=O)C(C)C. The van der Waals surface area contributed by atoms with E-state index >= 15 is 14.4 Å². The van der Waals surface area contributed by atoms with Gasteiger partial charge in [0.05, 0.1) is 25.8 Å². The molecule has 10 aromatic rings. The number of imidazole rings is 1. The predicted octanol–water partition coefficient (Wildman–Crippen LogP) is -2.55. The summed E-state index contributed by atoms with van der Waals surface area (Å²) in [6.07, 6.45) is 6.07. The standard InChI is InChI=1S/C95H118N26O20S4/c1-47(2)80(121-91(138)70(32-54-38-104-64-21-12-8-17-60(54)64)117-90(137)72(34-79(126)127)113-82(129)48(3)108-92(139)75(44-144)109-49(4)122)94(141)120-76(45-145)93(140)114-66(28-50-23-25-56(123)26-24-50)86(133)116-69(31-53-37-103-63-20-11-7-16-59(53)63)88(135)118-71(33-55-39-99-46-107-55)89(136)112-65(22-13-27-100-95(97)98)85(132)119-74(43-143)84(131)106-40-77(124)110-68(30-52-36-102-62-19-10-6-15-58(52)62)87(134)115-67(29-51-35-101-61-18-9-5-14-57(51)61)83(130)105-41-78(125)111-73(42-142)81(96)128/h5-12,14-21,23-26,35-39,46-48,65-76,80,101-104,123,142-145H,13,22,27-34,40-45H2,1-4H3,(H2,96,128)(H,99,107)(H,105,130)(H,106,131)(H,108,139)(H,109,122)(H,110,124)(H,111,125)(H,112,136)(H,113,129)(H,114,140)(H,115,134)(H,116,133)(H,117,137)(H,118,135)(H,119,132)(H,120,141)(H,121,138)(H,126,127)(H4,97,98,100)/t48-,65-,66-,67-,68-,69-,70-,71-,72-,73-,74-,75-,76-,80-/m0/s1. The molecule has 772 valence electrons. The number of carbonyl (C=O) groups excluding carboxylic acids is 17. The quantitative estimate of drug-likeness (QED) is 0.00808. The first-order valence-electron chi connectivity index (χ1n) is 46.0. The lowest BCUT2D eigenvalue weighted by molar-refractivity contribution is -0.141. The number of nitrogens with two attached hydrogens (primary N) is 2. The van der Waals surface area contributed by atoms with Crippen LogP contribution in [0.2, 0.25) is 0 Å². The maximum atomic E-state index is 15.6. The monoisotopic (exact) mass is 2070 g/mol. The van der Waals surface area contributed by atoms with E-state index < -0.39 is 234 Å². The van der Waals surface area contributed by atoms with Crippen LogP contribution in [0.1, 0.15) is 80.5 Å². The van der Waals surface area contributed by atoms with Crippen molar-refractivity contribution in [2.24, 2.45) is 17.4 Å². The van der Waals surface area contributed by atoms with E-state index in [1.807, 2.05) is 0 Å². The van der Waals surface area contributed by atoms with Gasteiger partial charge in [0, 0.05) is 155 Å². The number of rotatable bonds is 55. The summed E-state index contributed by atoms with van der Waals surface area (Å²) < 4.78 is 0. The van der Waals surface area contributed by atoms with Gasteiger partial charge in [-0.05, 0) is 89.9 Å². The van der Waals surface area contributed by atoms with Crippen molar-refractivity contribution >= 4 is 206 Å². The number of phenols is 1. The number of benzene rings is 5. The Balaban J connectivity index is 0.858. The number of carbonyl (C=O) groups is 18. The molecule has 0 aliphatic heterocycles. The Morgan fingerprint density at radius 1 is 0.372 bits per heavy atom. The van der Waals surface area contributed by atoms with Gasteiger partial charge in [-0.3, -0.25) is 91.7 Å². The van der Waals surface area contributed by atoms with Crippen molar-refractivity contribution in [1.82, 2.24) is 120 Å². The van der Waals surface area contributed by atoms with Crippen LogP contribution in [0.4, 0.5) is 0 Å². The highest BCUT2D eigenvalue weighted by atomic mass is 32.1. The molecular weight excluding hydrogens is 1950 g/mol. The van der Waals surface area contributed by atoms with Crippen molar-refractivity contribution in [3.63, 3.8) is 0 Å². The summed E-state index contributed by atoms with van der Waals surface area (Å²) in [5, 5.41) is 74.4. The van der Waals surface area contributed by atoms with Gasteiger partial charge in [0.1, 0.15) is 90.3 Å². The van der Waals surface area contributed by atoms with E-state index in [1.54, 1.807) is 136 Å². The topological polar surface area (TPSA) is 720 Å². The summed E-state index contributed by atoms with van der Waals surface area (Å²) in [7, 11) is 0. The van der Waals surface area contributed by atoms with Gasteiger partial charge >= 0.3 is 5.97 Å². The number of nitrogens with one attached hydrogen (secondary N) is 23. The summed E-state index contributed by atoms with van der Waals surface area (Å²) >= 11 is 17.0. The Bertz CT molecular complexity index is 6330. The molecule has 29 N–H and O–H groups in total. The Morgan fingerprint density at radius 3 is 1.13 bits per heavy atom. The number of hydrogen-bond acceptors (Lipinski definition) is 25. The number of carboxylic acid groups (broad SMARTS) is 1. The number of guanidine groups is 1. The first-order chi connectivity index (χ1) is 69.3. The van der Waals surface area contributed by atoms with E-state index in [1.165, 1.54) is 43.7 Å². The minimum Gasteiger partial charge on any atom is -0.508 e. The van der Waals surface area contributed by atoms with Crippen LogP contribution >= 0.6 is 50.5 Å². The average Bonchev–Trinajstić information content (AvgIpc) is 1.69. The van der Waals surface area contributed by atoms with Crippen molar-refractivity contribution in [3.8, 4) is 5.75 Å². The number of primary amides is 1. The van der Waals surface area contributed by atoms with E-state index in [0.717, 1.165) is 6.92 Å². The zero-order chi connectivity index (χ0) is 105. The average molecular weight is 2070 g/mol. The van der Waals surface area contributed by atoms with Crippen LogP contribution in [-0.2, 0) is 125 Å². The number of H-pyrrole nitrogens is 5. The number of aliphatic carboxylic acids is 1. The molecule has 0 fully saturated rings. The van der Waals surface area contributed by atoms with Gasteiger partial charge in [0.2, 0.25) is 100 Å². The third-order valence-electron chi connectivity index (χ3n) is 23.4. The molecule has 50 heteroatoms. The molecule has 0 saturated heterocycles. The summed E-state index contributed by atoms with van der Waals surface area (Å²) in [6.45, 7) is 3.96. The summed E-state index contributed by atoms with van der Waals surface area (Å²) in [5.74, 6) is -20.3. The Labute approximate surface area is 851 Å². The number of nitrogens with zero attached hydrogens (tertiary/aromatic N) is 1. The highest BCUT2D eigenvalue weighted by Gasteiger charge is 2.40. The third-order valence-corrected chi connectivity index (χ3v) is 24.9. The normalized spacial score (nSPS) is 14.1. The van der Waals surface area contributed by atoms with Gasteiger partial charge in [0.25, 0.3) is 0 Å². The third kappa shape index (κ3) is 32.7. The van der Waals surface area contributed by atoms with Crippen LogP contribution in [0.5, 0.6) is 5.75 Å². The second kappa shape index (κ2) is 54.0. The number of thiol groups is 4. The van der Waals surface area contributed by atoms with Crippen molar-refractivity contribution < 1.29 is 96.5 Å². The maximum absolute atomic E-state index is 15.6. The molecule has 0 bridgehead atoms. The summed E-state index contributed by atoms with van der Waals surface area (Å²) in [4.78, 5) is 273. The van der Waals surface area contributed by atoms with Crippen molar-refractivity contribution in [2.45, 2.75) is 170 Å². The Kier molecular flexibility index (Phi) is 41.5. The molecular formula is C95H118N26O20S4. The molecule has 5 heterocycles. The minimum atomic E-state index is -1.89. The van der Waals surface area contributed by atoms with E-state index in [9.17, 15) is 82.1 Å². The van der Waals surface area contributed by atoms with E-state index in [0.29, 0.717) is 71.4 Å². The minimum absolute atomic E-state index is 0.0125. The van der Waals surface area contributed by atoms with Crippen molar-refractivity contribution in [2.75, 3.05) is 42.6 Å². The fourth-order valence-electron chi connectivity index (χ4n) is 15.7. The molecule has 0 aliphatic rings. The van der Waals surface area contributed by atoms with Crippen LogP contribution in [-0.4, -0.2) is 280 Å². The number of aromatic nitrogens is 6. The van der Waals surface area contributed by atoms with Crippen molar-refractivity contribution in [1.29, 1.82) is 5.41 Å². The number of aromatic amines is 5. The smallest absolute Gasteiger partial charge is 0.305 e. The zero-order valence-electron chi connectivity index (χ0n) is 79.1. The lowest BCUT2D eigenvalue weighted by atomic mass is 9.99. The first kappa shape index (κ1) is 111. The number of aromatic hydroxyl groups is 1. The van der Waals surface area contributed by atoms with E-state index in [2.05, 4.69) is 171 Å². The van der Waals surface area contributed by atoms with Gasteiger partial charge in [-0.1, -0.05) is 98.8 Å². The van der Waals surface area contributed by atoms with Gasteiger partial charge in [-0.15, -0.1) is 0 Å². The number of hydrogen-bond donors (Lipinski definition) is 31. The number of para-hydroxylation sites is 4. The van der Waals surface area contributed by atoms with Crippen LogP contribution in [0.25, 0.3) is 43.6 Å². The Morgan fingerprint density at radius 2 is 0.717 bits per heavy atom. The predicted molar refractivity (Wildman–Crippen MR) is 547 cm³/mol. The van der Waals surface area contributed by atoms with Gasteiger partial charge in [-0.2, -0.15) is 50.5 Å². The molecule has 10 rings (SSSR count). The van der Waals surface area contributed by atoms with Gasteiger partial charge in [-0.25, -0.2) is 4.98 Å². The van der Waals surface area contributed by atoms with Crippen LogP contribution in [0.3, 0.4) is 0 Å². The molecule has 0 unspecified atom stereocenters. The van der Waals surface area contributed by atoms with Crippen LogP contribution in [0, 0.1) is 11.3 Å². The number of amides is 17. The van der Waals surface area contributed by atoms with Crippen molar-refractivity contribution in [3.05, 3.63) is 192 Å². The largest absolute Gasteiger partial charge is 0.508 e. The molecule has 17 amide bonds. The zero-order valence-corrected chi connectivity index (χ0v) is 82.7. The van der Waals surface area contributed by atoms with Crippen LogP contribution in [0.15, 0.2) is 159 Å². The Hall–Kier alpha value is -15.6. The highest BCUT2D eigenvalue weighted by Crippen LogP contribution is 2.26. The highest BCUT2D eigenvalue weighted by molar-refractivity contribution is 7.80. The van der Waals surface area contributed by atoms with Gasteiger partial charge < -0.3 is 137 Å². The fourth-order valence-corrected chi connectivity index (χ4v) is 16.8. The van der Waals surface area contributed by atoms with Gasteiger partial charge in [0.15, 0.2) is 5.96 Å². The molecule has 46 nitrogen and oxygen atoms in total. The molecule has 5 aromatic heterocycles. The molecule has 0 spiro atoms. The molecule has 0 radical (unpaired) electrons. The lowest BCUT2D eigenvalue weighted by Gasteiger charge is -2.29. The summed E-state index contributed by atoms with van der Waals surface area (Å²) in [6, 6.07) is 12.0. The number of phenolic OH excluding ortho intramolecular Hbond substituents is 1. The first-order valence-corrected chi connectivity index (χ1v) is 48.6. The molecule has 145 heavy (non-hydrogen) atoms. The molecule has 0 aliphatic carbocycles. The maximum Gasteiger partial charge on any atom is 0.305 e. The lowest BCUT2D eigenvalue weighted by Crippen LogP contribution is -2.62. The summed E-state index contributed by atoms with van der Waals surface area (Å²) in [5.41, 5.74) is 16.3. The van der Waals surface area contributed by atoms with E-state index in [4.69, 9.17) is 16.9 Å². The molecule has 14 atom stereocenters. The molecule has 0 saturated carbocycles. The van der Waals surface area contributed by atoms with E-state index in [-0.39, 0.29) is 80.9 Å². The fraction of sp³-hybridized carbons (Fsp3) is 0.368. The number of carboxylic acids is 1. The van der Waals surface area contributed by atoms with Crippen LogP contribution < -0.4 is 102 Å². The molecule has 5 aromatic carbocycles.